The molecule has 1 aromatic heterocycles. The summed E-state index contributed by atoms with van der Waals surface area (Å²) in [5.41, 5.74) is 7.69. The van der Waals surface area contributed by atoms with E-state index in [-0.39, 0.29) is 21.8 Å². The molecule has 27 heavy (non-hydrogen) atoms. The molecule has 0 aliphatic heterocycles. The van der Waals surface area contributed by atoms with E-state index in [1.165, 1.54) is 4.31 Å². The minimum absolute atomic E-state index is 0.181. The second-order valence-corrected chi connectivity index (χ2v) is 9.02. The van der Waals surface area contributed by atoms with Gasteiger partial charge < -0.3 is 10.8 Å². The van der Waals surface area contributed by atoms with Gasteiger partial charge in [0.05, 0.1) is 38.7 Å². The quantitative estimate of drug-likeness (QED) is 0.616. The van der Waals surface area contributed by atoms with Crippen molar-refractivity contribution in [2.75, 3.05) is 10.0 Å². The van der Waals surface area contributed by atoms with Gasteiger partial charge in [-0.05, 0) is 49.6 Å². The third-order valence-electron chi connectivity index (χ3n) is 4.88. The van der Waals surface area contributed by atoms with Crippen molar-refractivity contribution in [3.05, 3.63) is 47.0 Å². The molecule has 0 bridgehead atoms. The highest BCUT2D eigenvalue weighted by atomic mass is 35.5. The zero-order valence-corrected chi connectivity index (χ0v) is 16.1. The van der Waals surface area contributed by atoms with Crippen molar-refractivity contribution in [3.8, 4) is 0 Å². The molecule has 1 aliphatic carbocycles. The first-order valence-corrected chi connectivity index (χ1v) is 10.3. The number of nitrogens with zero attached hydrogens (tertiary/aromatic N) is 2. The summed E-state index contributed by atoms with van der Waals surface area (Å²) in [5.74, 6) is 0.207. The molecule has 1 fully saturated rings. The first kappa shape index (κ1) is 18.1. The van der Waals surface area contributed by atoms with Crippen molar-refractivity contribution in [2.24, 2.45) is 0 Å². The van der Waals surface area contributed by atoms with Gasteiger partial charge in [-0.2, -0.15) is 5.10 Å². The Labute approximate surface area is 161 Å². The van der Waals surface area contributed by atoms with E-state index in [9.17, 15) is 13.5 Å². The molecule has 2 aromatic carbocycles. The second kappa shape index (κ2) is 6.40. The van der Waals surface area contributed by atoms with Gasteiger partial charge in [-0.15, -0.1) is 0 Å². The van der Waals surface area contributed by atoms with Crippen LogP contribution in [0.25, 0.3) is 10.9 Å². The number of aliphatic hydroxyl groups is 1. The average Bonchev–Trinajstić information content (AvgIpc) is 2.97. The SMILES string of the molecule is Cc1cccc(S(=O)(=O)N(c2ccc3[nH]nc(N)c3c2Cl)C2CC(O)C2)c1. The minimum Gasteiger partial charge on any atom is -0.393 e. The maximum atomic E-state index is 13.5. The van der Waals surface area contributed by atoms with Crippen molar-refractivity contribution in [1.82, 2.24) is 10.2 Å². The van der Waals surface area contributed by atoms with Crippen LogP contribution in [0.5, 0.6) is 0 Å². The molecule has 4 rings (SSSR count). The van der Waals surface area contributed by atoms with Crippen LogP contribution in [-0.2, 0) is 10.0 Å². The van der Waals surface area contributed by atoms with Gasteiger partial charge in [0.1, 0.15) is 0 Å². The third kappa shape index (κ3) is 2.93. The number of fused-ring (bicyclic) bond motifs is 1. The first-order valence-electron chi connectivity index (χ1n) is 8.50. The summed E-state index contributed by atoms with van der Waals surface area (Å²) in [5, 5.41) is 17.2. The summed E-state index contributed by atoms with van der Waals surface area (Å²) in [7, 11) is -3.88. The van der Waals surface area contributed by atoms with Gasteiger partial charge in [0.25, 0.3) is 10.0 Å². The highest BCUT2D eigenvalue weighted by Gasteiger charge is 2.40. The molecule has 1 heterocycles. The van der Waals surface area contributed by atoms with E-state index in [0.29, 0.717) is 29.4 Å². The van der Waals surface area contributed by atoms with Gasteiger partial charge in [0.15, 0.2) is 5.82 Å². The Morgan fingerprint density at radius 1 is 1.30 bits per heavy atom. The number of aryl methyl sites for hydroxylation is 1. The molecule has 9 heteroatoms. The van der Waals surface area contributed by atoms with Crippen molar-refractivity contribution in [2.45, 2.75) is 36.8 Å². The zero-order chi connectivity index (χ0) is 19.3. The lowest BCUT2D eigenvalue weighted by Gasteiger charge is -2.41. The smallest absolute Gasteiger partial charge is 0.264 e. The number of nitrogen functional groups attached to an aromatic ring is 1. The molecule has 1 aliphatic rings. The molecule has 0 radical (unpaired) electrons. The van der Waals surface area contributed by atoms with Gasteiger partial charge in [-0.3, -0.25) is 9.40 Å². The fourth-order valence-electron chi connectivity index (χ4n) is 3.42. The predicted molar refractivity (Wildman–Crippen MR) is 105 cm³/mol. The summed E-state index contributed by atoms with van der Waals surface area (Å²) in [4.78, 5) is 0.181. The lowest BCUT2D eigenvalue weighted by molar-refractivity contribution is 0.0786. The van der Waals surface area contributed by atoms with E-state index in [1.54, 1.807) is 30.3 Å². The van der Waals surface area contributed by atoms with E-state index in [4.69, 9.17) is 17.3 Å². The first-order chi connectivity index (χ1) is 12.8. The lowest BCUT2D eigenvalue weighted by Crippen LogP contribution is -2.50. The van der Waals surface area contributed by atoms with Crippen LogP contribution in [0.4, 0.5) is 11.5 Å². The van der Waals surface area contributed by atoms with Gasteiger partial charge >= 0.3 is 0 Å². The molecule has 0 atom stereocenters. The molecular weight excluding hydrogens is 388 g/mol. The summed E-state index contributed by atoms with van der Waals surface area (Å²) < 4.78 is 28.2. The minimum atomic E-state index is -3.88. The van der Waals surface area contributed by atoms with Crippen LogP contribution in [0, 0.1) is 6.92 Å². The molecule has 1 saturated carbocycles. The van der Waals surface area contributed by atoms with Crippen LogP contribution in [0.15, 0.2) is 41.3 Å². The summed E-state index contributed by atoms with van der Waals surface area (Å²) >= 11 is 6.56. The molecule has 0 amide bonds. The van der Waals surface area contributed by atoms with Crippen molar-refractivity contribution in [1.29, 1.82) is 0 Å². The molecule has 7 nitrogen and oxygen atoms in total. The molecule has 0 saturated heterocycles. The van der Waals surface area contributed by atoms with Crippen LogP contribution in [0.1, 0.15) is 18.4 Å². The monoisotopic (exact) mass is 406 g/mol. The number of nitrogens with two attached hydrogens (primary N) is 1. The molecular formula is C18H19ClN4O3S. The maximum absolute atomic E-state index is 13.5. The summed E-state index contributed by atoms with van der Waals surface area (Å²) in [6.07, 6.45) is 0.173. The summed E-state index contributed by atoms with van der Waals surface area (Å²) in [6, 6.07) is 9.68. The van der Waals surface area contributed by atoms with Crippen molar-refractivity contribution in [3.63, 3.8) is 0 Å². The number of hydrogen-bond acceptors (Lipinski definition) is 5. The number of hydrogen-bond donors (Lipinski definition) is 3. The third-order valence-corrected chi connectivity index (χ3v) is 7.12. The van der Waals surface area contributed by atoms with Crippen molar-refractivity contribution < 1.29 is 13.5 Å². The second-order valence-electron chi connectivity index (χ2n) is 6.83. The van der Waals surface area contributed by atoms with E-state index < -0.39 is 16.1 Å². The number of sulfonamides is 1. The largest absolute Gasteiger partial charge is 0.393 e. The Kier molecular flexibility index (Phi) is 4.29. The number of aromatic nitrogens is 2. The lowest BCUT2D eigenvalue weighted by atomic mass is 9.89. The number of benzene rings is 2. The number of anilines is 2. The molecule has 142 valence electrons. The van der Waals surface area contributed by atoms with E-state index >= 15 is 0 Å². The number of aliphatic hydroxyl groups excluding tert-OH is 1. The van der Waals surface area contributed by atoms with Crippen LogP contribution < -0.4 is 10.0 Å². The number of aromatic amines is 1. The van der Waals surface area contributed by atoms with Gasteiger partial charge in [-0.1, -0.05) is 23.7 Å². The Morgan fingerprint density at radius 3 is 2.70 bits per heavy atom. The zero-order valence-electron chi connectivity index (χ0n) is 14.6. The maximum Gasteiger partial charge on any atom is 0.264 e. The van der Waals surface area contributed by atoms with E-state index in [1.807, 2.05) is 13.0 Å². The molecule has 3 aromatic rings. The fourth-order valence-corrected chi connectivity index (χ4v) is 5.61. The van der Waals surface area contributed by atoms with Crippen LogP contribution in [0.2, 0.25) is 5.02 Å². The van der Waals surface area contributed by atoms with Gasteiger partial charge in [-0.25, -0.2) is 8.42 Å². The van der Waals surface area contributed by atoms with E-state index in [0.717, 1.165) is 5.56 Å². The van der Waals surface area contributed by atoms with Crippen LogP contribution in [0.3, 0.4) is 0 Å². The fraction of sp³-hybridized carbons (Fsp3) is 0.278. The number of halogens is 1. The topological polar surface area (TPSA) is 112 Å². The Balaban J connectivity index is 1.90. The molecule has 0 spiro atoms. The van der Waals surface area contributed by atoms with Gasteiger partial charge in [0, 0.05) is 0 Å². The number of nitrogens with one attached hydrogen (secondary N) is 1. The van der Waals surface area contributed by atoms with Crippen LogP contribution in [-0.4, -0.2) is 35.9 Å². The number of rotatable bonds is 4. The predicted octanol–water partition coefficient (Wildman–Crippen LogP) is 2.83. The standard InChI is InChI=1S/C18H19ClN4O3S/c1-10-3-2-4-13(7-10)27(25,26)23(11-8-12(24)9-11)15-6-5-14-16(17(15)19)18(20)22-21-14/h2-7,11-12,24H,8-9H2,1H3,(H3,20,21,22). The Morgan fingerprint density at radius 2 is 2.04 bits per heavy atom. The molecule has 0 unspecified atom stereocenters. The Hall–Kier alpha value is -2.29. The summed E-state index contributed by atoms with van der Waals surface area (Å²) in [6.45, 7) is 1.83. The Bertz CT molecular complexity index is 1120. The average molecular weight is 407 g/mol. The molecule has 4 N–H and O–H groups in total. The normalized spacial score (nSPS) is 19.8. The van der Waals surface area contributed by atoms with E-state index in [2.05, 4.69) is 10.2 Å². The highest BCUT2D eigenvalue weighted by Crippen LogP contribution is 2.42. The number of H-pyrrole nitrogens is 1. The van der Waals surface area contributed by atoms with Crippen molar-refractivity contribution >= 4 is 44.0 Å². The van der Waals surface area contributed by atoms with Crippen LogP contribution >= 0.6 is 11.6 Å². The highest BCUT2D eigenvalue weighted by molar-refractivity contribution is 7.92. The van der Waals surface area contributed by atoms with Gasteiger partial charge in [0.2, 0.25) is 0 Å².